The molecule has 23 heavy (non-hydrogen) atoms. The number of hydrogen-bond acceptors (Lipinski definition) is 4. The van der Waals surface area contributed by atoms with Crippen molar-refractivity contribution in [1.29, 1.82) is 0 Å². The molecule has 0 aromatic heterocycles. The maximum absolute atomic E-state index is 13.8. The summed E-state index contributed by atoms with van der Waals surface area (Å²) in [5.41, 5.74) is 5.31. The Hall–Kier alpha value is -1.58. The van der Waals surface area contributed by atoms with Gasteiger partial charge in [-0.05, 0) is 25.0 Å². The lowest BCUT2D eigenvalue weighted by Crippen LogP contribution is -2.46. The SMILES string of the molecule is NCCNC(=O)C1CCCN(S(=O)(=O)c2ccc(F)cc2F)C1. The van der Waals surface area contributed by atoms with Crippen LogP contribution in [0.1, 0.15) is 12.8 Å². The molecule has 0 aliphatic carbocycles. The molecule has 1 amide bonds. The molecule has 1 unspecified atom stereocenters. The van der Waals surface area contributed by atoms with Gasteiger partial charge in [0, 0.05) is 32.2 Å². The van der Waals surface area contributed by atoms with Crippen molar-refractivity contribution in [2.45, 2.75) is 17.7 Å². The largest absolute Gasteiger partial charge is 0.355 e. The molecule has 0 saturated carbocycles. The van der Waals surface area contributed by atoms with Crippen molar-refractivity contribution in [1.82, 2.24) is 9.62 Å². The van der Waals surface area contributed by atoms with Crippen LogP contribution >= 0.6 is 0 Å². The highest BCUT2D eigenvalue weighted by atomic mass is 32.2. The van der Waals surface area contributed by atoms with Gasteiger partial charge >= 0.3 is 0 Å². The number of sulfonamides is 1. The van der Waals surface area contributed by atoms with E-state index >= 15 is 0 Å². The Labute approximate surface area is 133 Å². The highest BCUT2D eigenvalue weighted by Crippen LogP contribution is 2.25. The lowest BCUT2D eigenvalue weighted by molar-refractivity contribution is -0.126. The quantitative estimate of drug-likeness (QED) is 0.808. The molecule has 2 rings (SSSR count). The molecule has 1 aliphatic rings. The number of amides is 1. The summed E-state index contributed by atoms with van der Waals surface area (Å²) in [6, 6.07) is 2.33. The normalized spacial score (nSPS) is 19.5. The predicted octanol–water partition coefficient (Wildman–Crippen LogP) is 0.440. The smallest absolute Gasteiger partial charge is 0.246 e. The van der Waals surface area contributed by atoms with E-state index in [1.807, 2.05) is 0 Å². The molecule has 1 saturated heterocycles. The molecule has 6 nitrogen and oxygen atoms in total. The van der Waals surface area contributed by atoms with Crippen LogP contribution in [0.25, 0.3) is 0 Å². The summed E-state index contributed by atoms with van der Waals surface area (Å²) in [5.74, 6) is -2.76. The summed E-state index contributed by atoms with van der Waals surface area (Å²) in [7, 11) is -4.11. The van der Waals surface area contributed by atoms with E-state index in [4.69, 9.17) is 5.73 Å². The van der Waals surface area contributed by atoms with Crippen LogP contribution in [-0.4, -0.2) is 44.8 Å². The molecule has 0 bridgehead atoms. The van der Waals surface area contributed by atoms with Gasteiger partial charge in [-0.25, -0.2) is 17.2 Å². The standard InChI is InChI=1S/C14H19F2N3O3S/c15-11-3-4-13(12(16)8-11)23(21,22)19-7-1-2-10(9-19)14(20)18-6-5-17/h3-4,8,10H,1-2,5-7,9,17H2,(H,18,20). The van der Waals surface area contributed by atoms with Gasteiger partial charge in [-0.2, -0.15) is 4.31 Å². The van der Waals surface area contributed by atoms with Crippen LogP contribution in [0.15, 0.2) is 23.1 Å². The van der Waals surface area contributed by atoms with E-state index in [2.05, 4.69) is 5.32 Å². The first-order valence-corrected chi connectivity index (χ1v) is 8.73. The van der Waals surface area contributed by atoms with Gasteiger partial charge in [-0.15, -0.1) is 0 Å². The Morgan fingerprint density at radius 2 is 2.13 bits per heavy atom. The van der Waals surface area contributed by atoms with Crippen LogP contribution < -0.4 is 11.1 Å². The third kappa shape index (κ3) is 4.04. The molecule has 1 aliphatic heterocycles. The van der Waals surface area contributed by atoms with Crippen molar-refractivity contribution in [3.8, 4) is 0 Å². The second kappa shape index (κ2) is 7.33. The van der Waals surface area contributed by atoms with Crippen LogP contribution in [0, 0.1) is 17.6 Å². The van der Waals surface area contributed by atoms with Gasteiger partial charge in [0.25, 0.3) is 0 Å². The van der Waals surface area contributed by atoms with Crippen LogP contribution in [-0.2, 0) is 14.8 Å². The zero-order valence-corrected chi connectivity index (χ0v) is 13.3. The average molecular weight is 347 g/mol. The van der Waals surface area contributed by atoms with Crippen molar-refractivity contribution in [3.63, 3.8) is 0 Å². The molecule has 1 heterocycles. The van der Waals surface area contributed by atoms with Crippen LogP contribution in [0.3, 0.4) is 0 Å². The third-order valence-corrected chi connectivity index (χ3v) is 5.61. The van der Waals surface area contributed by atoms with Crippen LogP contribution in [0.4, 0.5) is 8.78 Å². The first kappa shape index (κ1) is 17.8. The number of piperidine rings is 1. The van der Waals surface area contributed by atoms with Gasteiger partial charge in [0.2, 0.25) is 15.9 Å². The van der Waals surface area contributed by atoms with Gasteiger partial charge in [0.1, 0.15) is 16.5 Å². The van der Waals surface area contributed by atoms with E-state index in [9.17, 15) is 22.0 Å². The van der Waals surface area contributed by atoms with Crippen molar-refractivity contribution < 1.29 is 22.0 Å². The lowest BCUT2D eigenvalue weighted by Gasteiger charge is -2.31. The van der Waals surface area contributed by atoms with E-state index in [1.165, 1.54) is 0 Å². The Morgan fingerprint density at radius 3 is 2.78 bits per heavy atom. The zero-order valence-electron chi connectivity index (χ0n) is 12.5. The topological polar surface area (TPSA) is 92.5 Å². The fourth-order valence-electron chi connectivity index (χ4n) is 2.54. The van der Waals surface area contributed by atoms with Gasteiger partial charge in [-0.3, -0.25) is 4.79 Å². The van der Waals surface area contributed by atoms with Gasteiger partial charge < -0.3 is 11.1 Å². The summed E-state index contributed by atoms with van der Waals surface area (Å²) in [4.78, 5) is 11.4. The number of nitrogens with one attached hydrogen (secondary N) is 1. The highest BCUT2D eigenvalue weighted by molar-refractivity contribution is 7.89. The summed E-state index contributed by atoms with van der Waals surface area (Å²) >= 11 is 0. The first-order valence-electron chi connectivity index (χ1n) is 7.29. The summed E-state index contributed by atoms with van der Waals surface area (Å²) in [6.07, 6.45) is 1.04. The van der Waals surface area contributed by atoms with Crippen molar-refractivity contribution >= 4 is 15.9 Å². The Bertz CT molecular complexity index is 682. The fourth-order valence-corrected chi connectivity index (χ4v) is 4.11. The molecular weight excluding hydrogens is 328 g/mol. The molecule has 1 fully saturated rings. The second-order valence-electron chi connectivity index (χ2n) is 5.36. The Balaban J connectivity index is 2.18. The number of hydrogen-bond donors (Lipinski definition) is 2. The Morgan fingerprint density at radius 1 is 1.39 bits per heavy atom. The van der Waals surface area contributed by atoms with Crippen LogP contribution in [0.5, 0.6) is 0 Å². The molecule has 1 aromatic rings. The summed E-state index contributed by atoms with van der Waals surface area (Å²) < 4.78 is 52.8. The predicted molar refractivity (Wildman–Crippen MR) is 79.9 cm³/mol. The number of rotatable bonds is 5. The molecule has 0 spiro atoms. The minimum Gasteiger partial charge on any atom is -0.355 e. The van der Waals surface area contributed by atoms with Gasteiger partial charge in [0.05, 0.1) is 5.92 Å². The second-order valence-corrected chi connectivity index (χ2v) is 7.26. The maximum Gasteiger partial charge on any atom is 0.246 e. The van der Waals surface area contributed by atoms with E-state index in [-0.39, 0.29) is 19.0 Å². The van der Waals surface area contributed by atoms with E-state index in [0.29, 0.717) is 32.0 Å². The minimum atomic E-state index is -4.11. The lowest BCUT2D eigenvalue weighted by atomic mass is 9.99. The van der Waals surface area contributed by atoms with Gasteiger partial charge in [-0.1, -0.05) is 0 Å². The average Bonchev–Trinajstić information content (AvgIpc) is 2.52. The van der Waals surface area contributed by atoms with E-state index < -0.39 is 32.5 Å². The van der Waals surface area contributed by atoms with Crippen molar-refractivity contribution in [2.24, 2.45) is 11.7 Å². The molecule has 0 radical (unpaired) electrons. The van der Waals surface area contributed by atoms with Gasteiger partial charge in [0.15, 0.2) is 0 Å². The third-order valence-electron chi connectivity index (χ3n) is 3.71. The maximum atomic E-state index is 13.8. The molecule has 3 N–H and O–H groups in total. The first-order chi connectivity index (χ1) is 10.9. The van der Waals surface area contributed by atoms with Crippen molar-refractivity contribution in [3.05, 3.63) is 29.8 Å². The molecule has 1 atom stereocenters. The van der Waals surface area contributed by atoms with E-state index in [1.54, 1.807) is 0 Å². The highest BCUT2D eigenvalue weighted by Gasteiger charge is 2.34. The number of carbonyl (C=O) groups is 1. The summed E-state index contributed by atoms with van der Waals surface area (Å²) in [5, 5.41) is 2.62. The monoisotopic (exact) mass is 347 g/mol. The number of benzene rings is 1. The van der Waals surface area contributed by atoms with Crippen LogP contribution in [0.2, 0.25) is 0 Å². The number of carbonyl (C=O) groups excluding carboxylic acids is 1. The zero-order chi connectivity index (χ0) is 17.0. The van der Waals surface area contributed by atoms with E-state index in [0.717, 1.165) is 16.4 Å². The minimum absolute atomic E-state index is 0.0322. The molecule has 9 heteroatoms. The molecular formula is C14H19F2N3O3S. The van der Waals surface area contributed by atoms with Crippen molar-refractivity contribution in [2.75, 3.05) is 26.2 Å². The Kier molecular flexibility index (Phi) is 5.66. The molecule has 1 aromatic carbocycles. The molecule has 128 valence electrons. The fraction of sp³-hybridized carbons (Fsp3) is 0.500. The summed E-state index contributed by atoms with van der Waals surface area (Å²) in [6.45, 7) is 0.769. The number of nitrogens with zero attached hydrogens (tertiary/aromatic N) is 1. The number of halogens is 2. The number of nitrogens with two attached hydrogens (primary N) is 1.